The molecule has 0 saturated carbocycles. The summed E-state index contributed by atoms with van der Waals surface area (Å²) in [7, 11) is 0. The zero-order valence-corrected chi connectivity index (χ0v) is 13.6. The van der Waals surface area contributed by atoms with E-state index in [9.17, 15) is 14.7 Å². The molecular weight excluding hydrogens is 294 g/mol. The first kappa shape index (κ1) is 16.8. The van der Waals surface area contributed by atoms with Gasteiger partial charge in [0.1, 0.15) is 5.76 Å². The lowest BCUT2D eigenvalue weighted by atomic mass is 10.0. The zero-order valence-electron chi connectivity index (χ0n) is 13.6. The number of rotatable bonds is 6. The van der Waals surface area contributed by atoms with E-state index in [1.165, 1.54) is 6.26 Å². The van der Waals surface area contributed by atoms with E-state index in [-0.39, 0.29) is 0 Å². The van der Waals surface area contributed by atoms with Gasteiger partial charge in [0.2, 0.25) is 0 Å². The van der Waals surface area contributed by atoms with Crippen molar-refractivity contribution in [2.45, 2.75) is 39.7 Å². The van der Waals surface area contributed by atoms with Gasteiger partial charge in [0.25, 0.3) is 5.91 Å². The summed E-state index contributed by atoms with van der Waals surface area (Å²) in [6.07, 6.45) is 2.93. The Hall–Kier alpha value is -2.56. The fourth-order valence-electron chi connectivity index (χ4n) is 2.40. The van der Waals surface area contributed by atoms with Gasteiger partial charge in [-0.25, -0.2) is 4.79 Å². The highest BCUT2D eigenvalue weighted by Crippen LogP contribution is 2.19. The number of furan rings is 1. The summed E-state index contributed by atoms with van der Waals surface area (Å²) >= 11 is 0. The summed E-state index contributed by atoms with van der Waals surface area (Å²) < 4.78 is 5.30. The van der Waals surface area contributed by atoms with Crippen LogP contribution in [-0.2, 0) is 11.2 Å². The average Bonchev–Trinajstić information content (AvgIpc) is 2.96. The molecule has 5 heteroatoms. The van der Waals surface area contributed by atoms with Gasteiger partial charge in [-0.15, -0.1) is 0 Å². The van der Waals surface area contributed by atoms with Crippen LogP contribution < -0.4 is 5.32 Å². The summed E-state index contributed by atoms with van der Waals surface area (Å²) in [5, 5.41) is 12.0. The van der Waals surface area contributed by atoms with Crippen LogP contribution in [0.4, 0.5) is 0 Å². The van der Waals surface area contributed by atoms with E-state index in [0.29, 0.717) is 23.3 Å². The lowest BCUT2D eigenvalue weighted by Crippen LogP contribution is -2.34. The summed E-state index contributed by atoms with van der Waals surface area (Å²) in [6, 6.07) is 5.85. The van der Waals surface area contributed by atoms with E-state index in [0.717, 1.165) is 17.5 Å². The number of hydrogen-bond acceptors (Lipinski definition) is 3. The largest absolute Gasteiger partial charge is 0.479 e. The SMILES string of the molecule is CCCc1occc1C(=O)NC(C(=O)O)c1ccc(C)c(C)c1. The molecule has 23 heavy (non-hydrogen) atoms. The molecule has 0 saturated heterocycles. The molecule has 1 aromatic heterocycles. The molecule has 5 nitrogen and oxygen atoms in total. The van der Waals surface area contributed by atoms with Crippen molar-refractivity contribution >= 4 is 11.9 Å². The lowest BCUT2D eigenvalue weighted by Gasteiger charge is -2.16. The Morgan fingerprint density at radius 3 is 2.57 bits per heavy atom. The topological polar surface area (TPSA) is 79.5 Å². The standard InChI is InChI=1S/C18H21NO4/c1-4-5-15-14(8-9-23-15)17(20)19-16(18(21)22)13-7-6-11(2)12(3)10-13/h6-10,16H,4-5H2,1-3H3,(H,19,20)(H,21,22). The minimum atomic E-state index is -1.10. The molecule has 1 aromatic carbocycles. The molecule has 2 aromatic rings. The molecule has 1 unspecified atom stereocenters. The van der Waals surface area contributed by atoms with Gasteiger partial charge in [-0.3, -0.25) is 4.79 Å². The van der Waals surface area contributed by atoms with E-state index >= 15 is 0 Å². The molecule has 1 amide bonds. The first-order chi connectivity index (χ1) is 10.9. The maximum Gasteiger partial charge on any atom is 0.330 e. The minimum Gasteiger partial charge on any atom is -0.479 e. The van der Waals surface area contributed by atoms with Crippen molar-refractivity contribution in [2.75, 3.05) is 0 Å². The Kier molecular flexibility index (Phi) is 5.21. The molecule has 1 atom stereocenters. The smallest absolute Gasteiger partial charge is 0.330 e. The van der Waals surface area contributed by atoms with Crippen molar-refractivity contribution in [1.82, 2.24) is 5.32 Å². The second-order valence-electron chi connectivity index (χ2n) is 5.60. The van der Waals surface area contributed by atoms with Crippen LogP contribution in [0.2, 0.25) is 0 Å². The third-order valence-corrected chi connectivity index (χ3v) is 3.85. The molecule has 0 bridgehead atoms. The maximum atomic E-state index is 12.4. The quantitative estimate of drug-likeness (QED) is 0.856. The van der Waals surface area contributed by atoms with Crippen molar-refractivity contribution in [3.63, 3.8) is 0 Å². The average molecular weight is 315 g/mol. The molecule has 122 valence electrons. The van der Waals surface area contributed by atoms with Crippen LogP contribution in [0, 0.1) is 13.8 Å². The Morgan fingerprint density at radius 2 is 1.96 bits per heavy atom. The minimum absolute atomic E-state index is 0.391. The van der Waals surface area contributed by atoms with Crippen molar-refractivity contribution in [1.29, 1.82) is 0 Å². The summed E-state index contributed by atoms with van der Waals surface area (Å²) in [6.45, 7) is 5.85. The number of carbonyl (C=O) groups excluding carboxylic acids is 1. The number of carboxylic acid groups (broad SMARTS) is 1. The van der Waals surface area contributed by atoms with Gasteiger partial charge < -0.3 is 14.8 Å². The van der Waals surface area contributed by atoms with Crippen LogP contribution in [0.15, 0.2) is 34.9 Å². The molecule has 0 radical (unpaired) electrons. The van der Waals surface area contributed by atoms with Crippen molar-refractivity contribution in [3.05, 3.63) is 58.5 Å². The summed E-state index contributed by atoms with van der Waals surface area (Å²) in [5.74, 6) is -0.954. The third kappa shape index (κ3) is 3.80. The van der Waals surface area contributed by atoms with Crippen molar-refractivity contribution in [3.8, 4) is 0 Å². The number of aliphatic carboxylic acids is 1. The van der Waals surface area contributed by atoms with Gasteiger partial charge >= 0.3 is 5.97 Å². The van der Waals surface area contributed by atoms with Crippen molar-refractivity contribution < 1.29 is 19.1 Å². The Labute approximate surface area is 135 Å². The van der Waals surface area contributed by atoms with E-state index in [1.54, 1.807) is 18.2 Å². The molecule has 0 fully saturated rings. The van der Waals surface area contributed by atoms with E-state index in [4.69, 9.17) is 4.42 Å². The second kappa shape index (κ2) is 7.13. The molecule has 0 spiro atoms. The molecule has 0 aliphatic carbocycles. The van der Waals surface area contributed by atoms with Gasteiger partial charge in [-0.2, -0.15) is 0 Å². The first-order valence-electron chi connectivity index (χ1n) is 7.61. The number of carboxylic acids is 1. The van der Waals surface area contributed by atoms with Crippen LogP contribution in [0.5, 0.6) is 0 Å². The number of carbonyl (C=O) groups is 2. The summed E-state index contributed by atoms with van der Waals surface area (Å²) in [4.78, 5) is 24.0. The highest BCUT2D eigenvalue weighted by molar-refractivity contribution is 5.97. The molecule has 1 heterocycles. The normalized spacial score (nSPS) is 12.0. The van der Waals surface area contributed by atoms with Crippen LogP contribution >= 0.6 is 0 Å². The van der Waals surface area contributed by atoms with Crippen LogP contribution in [0.1, 0.15) is 52.2 Å². The number of benzene rings is 1. The Balaban J connectivity index is 2.25. The monoisotopic (exact) mass is 315 g/mol. The predicted molar refractivity (Wildman–Crippen MR) is 86.5 cm³/mol. The number of amides is 1. The van der Waals surface area contributed by atoms with Gasteiger partial charge in [0.05, 0.1) is 11.8 Å². The fraction of sp³-hybridized carbons (Fsp3) is 0.333. The fourth-order valence-corrected chi connectivity index (χ4v) is 2.40. The highest BCUT2D eigenvalue weighted by atomic mass is 16.4. The van der Waals surface area contributed by atoms with E-state index in [2.05, 4.69) is 5.32 Å². The van der Waals surface area contributed by atoms with Gasteiger partial charge in [-0.05, 0) is 43.0 Å². The lowest BCUT2D eigenvalue weighted by molar-refractivity contribution is -0.139. The summed E-state index contributed by atoms with van der Waals surface area (Å²) in [5.41, 5.74) is 3.00. The van der Waals surface area contributed by atoms with E-state index in [1.807, 2.05) is 26.8 Å². The Morgan fingerprint density at radius 1 is 1.22 bits per heavy atom. The molecule has 2 N–H and O–H groups in total. The Bertz CT molecular complexity index is 718. The first-order valence-corrected chi connectivity index (χ1v) is 7.61. The second-order valence-corrected chi connectivity index (χ2v) is 5.60. The number of aryl methyl sites for hydroxylation is 3. The van der Waals surface area contributed by atoms with Gasteiger partial charge in [0, 0.05) is 6.42 Å². The van der Waals surface area contributed by atoms with Crippen LogP contribution in [0.25, 0.3) is 0 Å². The number of nitrogens with one attached hydrogen (secondary N) is 1. The van der Waals surface area contributed by atoms with Gasteiger partial charge in [-0.1, -0.05) is 25.1 Å². The van der Waals surface area contributed by atoms with Crippen LogP contribution in [-0.4, -0.2) is 17.0 Å². The number of hydrogen-bond donors (Lipinski definition) is 2. The molecular formula is C18H21NO4. The molecule has 0 aliphatic heterocycles. The van der Waals surface area contributed by atoms with Crippen LogP contribution in [0.3, 0.4) is 0 Å². The maximum absolute atomic E-state index is 12.4. The zero-order chi connectivity index (χ0) is 17.0. The predicted octanol–water partition coefficient (Wildman–Crippen LogP) is 3.40. The molecule has 2 rings (SSSR count). The van der Waals surface area contributed by atoms with E-state index < -0.39 is 17.9 Å². The van der Waals surface area contributed by atoms with Crippen molar-refractivity contribution in [2.24, 2.45) is 0 Å². The highest BCUT2D eigenvalue weighted by Gasteiger charge is 2.24. The molecule has 0 aliphatic rings. The van der Waals surface area contributed by atoms with Gasteiger partial charge in [0.15, 0.2) is 6.04 Å². The third-order valence-electron chi connectivity index (χ3n) is 3.85.